The van der Waals surface area contributed by atoms with Gasteiger partial charge in [-0.3, -0.25) is 14.5 Å². The van der Waals surface area contributed by atoms with Crippen LogP contribution in [0.2, 0.25) is 0 Å². The number of hydrogen-bond donors (Lipinski definition) is 1. The molecule has 0 radical (unpaired) electrons. The SMILES string of the molecule is CN(CC(=O)N1CCC[C@@H]2CCCC[C@@H]21)[C@@H](C(N)=O)c1cccc(Br)c1. The average molecular weight is 422 g/mol. The maximum Gasteiger partial charge on any atom is 0.239 e. The van der Waals surface area contributed by atoms with Crippen LogP contribution >= 0.6 is 15.9 Å². The van der Waals surface area contributed by atoms with Crippen LogP contribution in [-0.2, 0) is 9.59 Å². The highest BCUT2D eigenvalue weighted by Crippen LogP contribution is 2.35. The third-order valence-electron chi connectivity index (χ3n) is 5.82. The number of carbonyl (C=O) groups is 2. The first-order valence-corrected chi connectivity index (χ1v) is 10.3. The summed E-state index contributed by atoms with van der Waals surface area (Å²) in [7, 11) is 1.80. The second-order valence-corrected chi connectivity index (χ2v) is 8.53. The van der Waals surface area contributed by atoms with Gasteiger partial charge in [-0.2, -0.15) is 0 Å². The van der Waals surface area contributed by atoms with Gasteiger partial charge in [-0.15, -0.1) is 0 Å². The Hall–Kier alpha value is -1.40. The molecule has 6 heteroatoms. The number of rotatable bonds is 5. The van der Waals surface area contributed by atoms with Crippen LogP contribution in [0.3, 0.4) is 0 Å². The molecule has 2 amide bonds. The Morgan fingerprint density at radius 1 is 1.27 bits per heavy atom. The van der Waals surface area contributed by atoms with Gasteiger partial charge in [-0.1, -0.05) is 40.9 Å². The predicted octanol–water partition coefficient (Wildman–Crippen LogP) is 3.09. The van der Waals surface area contributed by atoms with Gasteiger partial charge in [0.05, 0.1) is 6.54 Å². The Balaban J connectivity index is 1.71. The molecule has 26 heavy (non-hydrogen) atoms. The van der Waals surface area contributed by atoms with Gasteiger partial charge < -0.3 is 10.6 Å². The minimum atomic E-state index is -0.608. The molecule has 1 saturated heterocycles. The highest BCUT2D eigenvalue weighted by molar-refractivity contribution is 9.10. The predicted molar refractivity (Wildman–Crippen MR) is 105 cm³/mol. The molecule has 5 nitrogen and oxygen atoms in total. The molecule has 3 rings (SSSR count). The number of piperidine rings is 1. The van der Waals surface area contributed by atoms with Crippen LogP contribution in [0.15, 0.2) is 28.7 Å². The van der Waals surface area contributed by atoms with Gasteiger partial charge in [0.2, 0.25) is 11.8 Å². The summed E-state index contributed by atoms with van der Waals surface area (Å²) >= 11 is 3.43. The second-order valence-electron chi connectivity index (χ2n) is 7.62. The molecular weight excluding hydrogens is 394 g/mol. The zero-order valence-corrected chi connectivity index (χ0v) is 17.0. The van der Waals surface area contributed by atoms with Crippen molar-refractivity contribution in [2.24, 2.45) is 11.7 Å². The number of likely N-dealkylation sites (N-methyl/N-ethyl adjacent to an activating group) is 1. The first kappa shape index (κ1) is 19.4. The Labute approximate surface area is 164 Å². The summed E-state index contributed by atoms with van der Waals surface area (Å²) in [4.78, 5) is 28.9. The number of nitrogens with zero attached hydrogens (tertiary/aromatic N) is 2. The number of likely N-dealkylation sites (tertiary alicyclic amines) is 1. The number of benzene rings is 1. The van der Waals surface area contributed by atoms with Crippen molar-refractivity contribution in [3.05, 3.63) is 34.3 Å². The van der Waals surface area contributed by atoms with Crippen molar-refractivity contribution < 1.29 is 9.59 Å². The second kappa shape index (κ2) is 8.53. The smallest absolute Gasteiger partial charge is 0.239 e. The number of fused-ring (bicyclic) bond motifs is 1. The summed E-state index contributed by atoms with van der Waals surface area (Å²) in [5.41, 5.74) is 6.46. The van der Waals surface area contributed by atoms with Gasteiger partial charge in [0.15, 0.2) is 0 Å². The van der Waals surface area contributed by atoms with E-state index >= 15 is 0 Å². The van der Waals surface area contributed by atoms with E-state index in [1.54, 1.807) is 11.9 Å². The molecule has 1 aliphatic carbocycles. The van der Waals surface area contributed by atoms with E-state index < -0.39 is 11.9 Å². The Kier molecular flexibility index (Phi) is 6.35. The molecule has 2 fully saturated rings. The molecule has 0 unspecified atom stereocenters. The van der Waals surface area contributed by atoms with Crippen molar-refractivity contribution in [3.8, 4) is 0 Å². The van der Waals surface area contributed by atoms with Crippen molar-refractivity contribution in [1.29, 1.82) is 0 Å². The van der Waals surface area contributed by atoms with Crippen LogP contribution in [0.4, 0.5) is 0 Å². The Morgan fingerprint density at radius 3 is 2.73 bits per heavy atom. The van der Waals surface area contributed by atoms with Gasteiger partial charge in [0, 0.05) is 17.1 Å². The van der Waals surface area contributed by atoms with E-state index in [-0.39, 0.29) is 12.5 Å². The molecule has 1 heterocycles. The number of amides is 2. The monoisotopic (exact) mass is 421 g/mol. The topological polar surface area (TPSA) is 66.6 Å². The van der Waals surface area contributed by atoms with Crippen molar-refractivity contribution in [2.75, 3.05) is 20.1 Å². The molecule has 142 valence electrons. The van der Waals surface area contributed by atoms with E-state index in [9.17, 15) is 9.59 Å². The minimum absolute atomic E-state index is 0.116. The lowest BCUT2D eigenvalue weighted by Crippen LogP contribution is -2.52. The number of nitrogens with two attached hydrogens (primary N) is 1. The van der Waals surface area contributed by atoms with Gasteiger partial charge >= 0.3 is 0 Å². The van der Waals surface area contributed by atoms with E-state index in [1.807, 2.05) is 24.3 Å². The summed E-state index contributed by atoms with van der Waals surface area (Å²) < 4.78 is 0.891. The molecule has 2 aliphatic rings. The summed E-state index contributed by atoms with van der Waals surface area (Å²) in [6.45, 7) is 1.05. The summed E-state index contributed by atoms with van der Waals surface area (Å²) in [6, 6.07) is 7.32. The van der Waals surface area contributed by atoms with Crippen LogP contribution in [0.25, 0.3) is 0 Å². The van der Waals surface area contributed by atoms with Gasteiger partial charge in [0.25, 0.3) is 0 Å². The van der Waals surface area contributed by atoms with E-state index in [4.69, 9.17) is 5.73 Å². The number of halogens is 1. The lowest BCUT2D eigenvalue weighted by Gasteiger charge is -2.44. The fraction of sp³-hybridized carbons (Fsp3) is 0.600. The van der Waals surface area contributed by atoms with Crippen LogP contribution in [-0.4, -0.2) is 47.8 Å². The quantitative estimate of drug-likeness (QED) is 0.793. The van der Waals surface area contributed by atoms with E-state index in [2.05, 4.69) is 20.8 Å². The fourth-order valence-electron chi connectivity index (χ4n) is 4.64. The third-order valence-corrected chi connectivity index (χ3v) is 6.32. The molecule has 0 spiro atoms. The largest absolute Gasteiger partial charge is 0.368 e. The Morgan fingerprint density at radius 2 is 2.00 bits per heavy atom. The van der Waals surface area contributed by atoms with Crippen LogP contribution in [0.1, 0.15) is 50.1 Å². The van der Waals surface area contributed by atoms with E-state index in [0.717, 1.165) is 29.4 Å². The maximum atomic E-state index is 13.0. The molecule has 1 aromatic rings. The van der Waals surface area contributed by atoms with Crippen molar-refractivity contribution in [1.82, 2.24) is 9.80 Å². The summed E-state index contributed by atoms with van der Waals surface area (Å²) in [5, 5.41) is 0. The van der Waals surface area contributed by atoms with Crippen molar-refractivity contribution >= 4 is 27.7 Å². The molecule has 1 aliphatic heterocycles. The highest BCUT2D eigenvalue weighted by atomic mass is 79.9. The number of hydrogen-bond acceptors (Lipinski definition) is 3. The first-order chi connectivity index (χ1) is 12.5. The van der Waals surface area contributed by atoms with Crippen molar-refractivity contribution in [3.63, 3.8) is 0 Å². The lowest BCUT2D eigenvalue weighted by molar-refractivity contribution is -0.139. The van der Waals surface area contributed by atoms with Gasteiger partial charge in [0.1, 0.15) is 6.04 Å². The zero-order valence-electron chi connectivity index (χ0n) is 15.4. The third kappa shape index (κ3) is 4.29. The van der Waals surface area contributed by atoms with Crippen LogP contribution in [0, 0.1) is 5.92 Å². The van der Waals surface area contributed by atoms with Crippen molar-refractivity contribution in [2.45, 2.75) is 50.6 Å². The molecule has 3 atom stereocenters. The zero-order chi connectivity index (χ0) is 18.7. The maximum absolute atomic E-state index is 13.0. The fourth-order valence-corrected chi connectivity index (χ4v) is 5.06. The average Bonchev–Trinajstić information content (AvgIpc) is 2.61. The first-order valence-electron chi connectivity index (χ1n) is 9.52. The number of primary amides is 1. The van der Waals surface area contributed by atoms with Gasteiger partial charge in [-0.05, 0) is 56.3 Å². The molecule has 0 aromatic heterocycles. The molecule has 1 aromatic carbocycles. The lowest BCUT2D eigenvalue weighted by atomic mass is 9.78. The molecular formula is C20H28BrN3O2. The highest BCUT2D eigenvalue weighted by Gasteiger charge is 2.36. The van der Waals surface area contributed by atoms with Crippen LogP contribution in [0.5, 0.6) is 0 Å². The molecule has 0 bridgehead atoms. The van der Waals surface area contributed by atoms with E-state index in [1.165, 1.54) is 25.7 Å². The Bertz CT molecular complexity index is 664. The number of carbonyl (C=O) groups excluding carboxylic acids is 2. The standard InChI is InChI=1S/C20H28BrN3O2/c1-23(19(20(22)26)15-7-4-9-16(21)12-15)13-18(25)24-11-5-8-14-6-2-3-10-17(14)24/h4,7,9,12,14,17,19H,2-3,5-6,8,10-11,13H2,1H3,(H2,22,26)/t14-,17-,19+/m0/s1. The van der Waals surface area contributed by atoms with E-state index in [0.29, 0.717) is 12.0 Å². The molecule has 1 saturated carbocycles. The van der Waals surface area contributed by atoms with Crippen LogP contribution < -0.4 is 5.73 Å². The summed E-state index contributed by atoms with van der Waals surface area (Å²) in [6.07, 6.45) is 7.18. The molecule has 2 N–H and O–H groups in total. The van der Waals surface area contributed by atoms with Gasteiger partial charge in [-0.25, -0.2) is 0 Å². The normalized spacial score (nSPS) is 24.2. The summed E-state index contributed by atoms with van der Waals surface area (Å²) in [5.74, 6) is 0.335. The minimum Gasteiger partial charge on any atom is -0.368 e.